The minimum atomic E-state index is -0.221. The van der Waals surface area contributed by atoms with Gasteiger partial charge in [-0.3, -0.25) is 0 Å². The number of rotatable bonds is 2. The van der Waals surface area contributed by atoms with Crippen LogP contribution in [0.15, 0.2) is 36.4 Å². The molecule has 4 heteroatoms. The van der Waals surface area contributed by atoms with Gasteiger partial charge < -0.3 is 10.1 Å². The van der Waals surface area contributed by atoms with Gasteiger partial charge in [0.15, 0.2) is 0 Å². The van der Waals surface area contributed by atoms with Crippen molar-refractivity contribution in [1.29, 1.82) is 0 Å². The van der Waals surface area contributed by atoms with Gasteiger partial charge in [0.25, 0.3) is 0 Å². The highest BCUT2D eigenvalue weighted by Crippen LogP contribution is 2.39. The Bertz CT molecular complexity index is 630. The van der Waals surface area contributed by atoms with E-state index in [0.717, 1.165) is 23.3 Å². The second kappa shape index (κ2) is 4.74. The van der Waals surface area contributed by atoms with Crippen LogP contribution in [0, 0.1) is 5.82 Å². The van der Waals surface area contributed by atoms with Crippen LogP contribution >= 0.6 is 11.6 Å². The number of halogens is 2. The third kappa shape index (κ3) is 2.15. The van der Waals surface area contributed by atoms with Crippen LogP contribution < -0.4 is 10.1 Å². The first kappa shape index (κ1) is 12.3. The average Bonchev–Trinajstić information content (AvgIpc) is 2.84. The van der Waals surface area contributed by atoms with Gasteiger partial charge in [-0.15, -0.1) is 0 Å². The molecule has 19 heavy (non-hydrogen) atoms. The van der Waals surface area contributed by atoms with Gasteiger partial charge in [0.2, 0.25) is 0 Å². The Hall–Kier alpha value is -1.74. The third-order valence-electron chi connectivity index (χ3n) is 3.41. The van der Waals surface area contributed by atoms with Crippen LogP contribution in [0.2, 0.25) is 5.02 Å². The van der Waals surface area contributed by atoms with E-state index in [2.05, 4.69) is 5.32 Å². The molecule has 0 aliphatic carbocycles. The molecular weight excluding hydrogens is 265 g/mol. The van der Waals surface area contributed by atoms with E-state index in [1.165, 1.54) is 6.07 Å². The molecule has 2 aromatic carbocycles. The van der Waals surface area contributed by atoms with Gasteiger partial charge in [0, 0.05) is 10.6 Å². The summed E-state index contributed by atoms with van der Waals surface area (Å²) in [5.41, 5.74) is 2.51. The van der Waals surface area contributed by atoms with Crippen molar-refractivity contribution in [3.63, 3.8) is 0 Å². The van der Waals surface area contributed by atoms with E-state index in [1.54, 1.807) is 19.2 Å². The van der Waals surface area contributed by atoms with Crippen molar-refractivity contribution >= 4 is 17.3 Å². The number of para-hydroxylation sites is 1. The monoisotopic (exact) mass is 277 g/mol. The first-order valence-corrected chi connectivity index (χ1v) is 6.44. The normalized spacial score (nSPS) is 16.9. The third-order valence-corrected chi connectivity index (χ3v) is 3.64. The summed E-state index contributed by atoms with van der Waals surface area (Å²) in [4.78, 5) is 0. The fraction of sp³-hybridized carbons (Fsp3) is 0.200. The van der Waals surface area contributed by atoms with Gasteiger partial charge in [0.1, 0.15) is 11.6 Å². The van der Waals surface area contributed by atoms with Crippen molar-refractivity contribution in [3.8, 4) is 5.75 Å². The number of benzene rings is 2. The average molecular weight is 278 g/mol. The molecule has 0 bridgehead atoms. The molecule has 1 heterocycles. The summed E-state index contributed by atoms with van der Waals surface area (Å²) in [6.07, 6.45) is 0.726. The highest BCUT2D eigenvalue weighted by Gasteiger charge is 2.26. The zero-order chi connectivity index (χ0) is 13.4. The summed E-state index contributed by atoms with van der Waals surface area (Å²) < 4.78 is 19.1. The van der Waals surface area contributed by atoms with Crippen molar-refractivity contribution < 1.29 is 9.13 Å². The Morgan fingerprint density at radius 1 is 1.32 bits per heavy atom. The van der Waals surface area contributed by atoms with Crippen molar-refractivity contribution in [2.75, 3.05) is 12.4 Å². The lowest BCUT2D eigenvalue weighted by molar-refractivity contribution is 0.407. The largest absolute Gasteiger partial charge is 0.496 e. The minimum Gasteiger partial charge on any atom is -0.496 e. The van der Waals surface area contributed by atoms with Crippen LogP contribution in [0.3, 0.4) is 0 Å². The molecule has 2 aromatic rings. The lowest BCUT2D eigenvalue weighted by Gasteiger charge is -2.16. The second-order valence-electron chi connectivity index (χ2n) is 4.56. The highest BCUT2D eigenvalue weighted by atomic mass is 35.5. The molecule has 1 aliphatic rings. The van der Waals surface area contributed by atoms with E-state index in [0.29, 0.717) is 10.7 Å². The number of anilines is 1. The Morgan fingerprint density at radius 3 is 2.89 bits per heavy atom. The summed E-state index contributed by atoms with van der Waals surface area (Å²) in [5, 5.41) is 3.85. The summed E-state index contributed by atoms with van der Waals surface area (Å²) >= 11 is 6.04. The maximum atomic E-state index is 13.7. The van der Waals surface area contributed by atoms with Crippen LogP contribution in [0.4, 0.5) is 10.1 Å². The Morgan fingerprint density at radius 2 is 2.16 bits per heavy atom. The fourth-order valence-electron chi connectivity index (χ4n) is 2.51. The van der Waals surface area contributed by atoms with Gasteiger partial charge in [-0.25, -0.2) is 4.39 Å². The summed E-state index contributed by atoms with van der Waals surface area (Å²) in [6, 6.07) is 10.6. The first-order valence-electron chi connectivity index (χ1n) is 6.06. The Labute approximate surface area is 116 Å². The molecule has 0 spiro atoms. The topological polar surface area (TPSA) is 21.3 Å². The lowest BCUT2D eigenvalue weighted by atomic mass is 10.0. The lowest BCUT2D eigenvalue weighted by Crippen LogP contribution is -2.08. The fourth-order valence-corrected chi connectivity index (χ4v) is 2.69. The smallest absolute Gasteiger partial charge is 0.146 e. The van der Waals surface area contributed by atoms with E-state index >= 15 is 0 Å². The van der Waals surface area contributed by atoms with E-state index in [9.17, 15) is 4.39 Å². The number of hydrogen-bond acceptors (Lipinski definition) is 2. The molecule has 1 N–H and O–H groups in total. The molecule has 0 saturated heterocycles. The van der Waals surface area contributed by atoms with Gasteiger partial charge in [-0.1, -0.05) is 23.7 Å². The van der Waals surface area contributed by atoms with Gasteiger partial charge in [-0.05, 0) is 36.2 Å². The maximum absolute atomic E-state index is 13.7. The van der Waals surface area contributed by atoms with Gasteiger partial charge in [-0.2, -0.15) is 0 Å². The maximum Gasteiger partial charge on any atom is 0.146 e. The molecule has 1 unspecified atom stereocenters. The molecule has 1 atom stereocenters. The predicted molar refractivity (Wildman–Crippen MR) is 74.5 cm³/mol. The number of methoxy groups -OCH3 is 1. The molecule has 0 saturated carbocycles. The molecular formula is C15H13ClFNO. The van der Waals surface area contributed by atoms with E-state index in [4.69, 9.17) is 16.3 Å². The van der Waals surface area contributed by atoms with E-state index in [1.807, 2.05) is 18.2 Å². The predicted octanol–water partition coefficient (Wildman–Crippen LogP) is 4.20. The zero-order valence-electron chi connectivity index (χ0n) is 10.4. The Kier molecular flexibility index (Phi) is 3.07. The molecule has 98 valence electrons. The van der Waals surface area contributed by atoms with E-state index in [-0.39, 0.29) is 11.9 Å². The van der Waals surface area contributed by atoms with Crippen molar-refractivity contribution in [2.45, 2.75) is 12.5 Å². The molecule has 0 aromatic heterocycles. The van der Waals surface area contributed by atoms with Crippen molar-refractivity contribution in [2.24, 2.45) is 0 Å². The van der Waals surface area contributed by atoms with Crippen molar-refractivity contribution in [1.82, 2.24) is 0 Å². The molecule has 0 fully saturated rings. The first-order chi connectivity index (χ1) is 9.19. The summed E-state index contributed by atoms with van der Waals surface area (Å²) in [6.45, 7) is 0. The van der Waals surface area contributed by atoms with Crippen LogP contribution in [-0.2, 0) is 6.42 Å². The van der Waals surface area contributed by atoms with Gasteiger partial charge in [0.05, 0.1) is 18.8 Å². The molecule has 3 rings (SSSR count). The Balaban J connectivity index is 1.99. The molecule has 0 radical (unpaired) electrons. The number of ether oxygens (including phenoxy) is 1. The number of hydrogen-bond donors (Lipinski definition) is 1. The second-order valence-corrected chi connectivity index (χ2v) is 5.00. The quantitative estimate of drug-likeness (QED) is 0.888. The molecule has 2 nitrogen and oxygen atoms in total. The minimum absolute atomic E-state index is 0.0134. The number of nitrogens with one attached hydrogen (secondary N) is 1. The number of fused-ring (bicyclic) bond motifs is 1. The molecule has 0 amide bonds. The summed E-state index contributed by atoms with van der Waals surface area (Å²) in [5.74, 6) is 0.538. The zero-order valence-corrected chi connectivity index (χ0v) is 11.2. The van der Waals surface area contributed by atoms with Crippen molar-refractivity contribution in [3.05, 3.63) is 58.4 Å². The van der Waals surface area contributed by atoms with Crippen LogP contribution in [0.1, 0.15) is 17.2 Å². The van der Waals surface area contributed by atoms with E-state index < -0.39 is 0 Å². The van der Waals surface area contributed by atoms with Gasteiger partial charge >= 0.3 is 0 Å². The summed E-state index contributed by atoms with van der Waals surface area (Å²) in [7, 11) is 1.62. The highest BCUT2D eigenvalue weighted by molar-refractivity contribution is 6.30. The molecule has 1 aliphatic heterocycles. The standard InChI is InChI=1S/C15H13ClFNO/c1-19-14-6-5-10(16)8-11(14)13-7-9-3-2-4-12(17)15(9)18-13/h2-6,8,13,18H,7H2,1H3. The SMILES string of the molecule is COc1ccc(Cl)cc1C1Cc2cccc(F)c2N1. The van der Waals surface area contributed by atoms with Crippen LogP contribution in [0.25, 0.3) is 0 Å². The van der Waals surface area contributed by atoms with Crippen LogP contribution in [0.5, 0.6) is 5.75 Å². The van der Waals surface area contributed by atoms with Crippen LogP contribution in [-0.4, -0.2) is 7.11 Å².